The van der Waals surface area contributed by atoms with Gasteiger partial charge in [0.25, 0.3) is 0 Å². The molecule has 1 heterocycles. The second-order valence-electron chi connectivity index (χ2n) is 5.47. The number of hydrogen-bond acceptors (Lipinski definition) is 4. The molecule has 128 valence electrons. The molecular formula is C19H22BrNO3. The van der Waals surface area contributed by atoms with Crippen molar-refractivity contribution in [3.8, 4) is 17.0 Å². The number of ether oxygens (including phenoxy) is 2. The van der Waals surface area contributed by atoms with Crippen molar-refractivity contribution in [2.45, 2.75) is 26.2 Å². The minimum absolute atomic E-state index is 0.366. The highest BCUT2D eigenvalue weighted by atomic mass is 79.9. The normalized spacial score (nSPS) is 10.5. The minimum atomic E-state index is -0.366. The Balaban J connectivity index is 2.22. The minimum Gasteiger partial charge on any atom is -0.493 e. The van der Waals surface area contributed by atoms with E-state index < -0.39 is 0 Å². The maximum absolute atomic E-state index is 11.8. The fraction of sp³-hybridized carbons (Fsp3) is 0.368. The van der Waals surface area contributed by atoms with E-state index in [1.54, 1.807) is 12.1 Å². The zero-order valence-corrected chi connectivity index (χ0v) is 15.6. The monoisotopic (exact) mass is 391 g/mol. The fourth-order valence-corrected chi connectivity index (χ4v) is 2.80. The summed E-state index contributed by atoms with van der Waals surface area (Å²) in [5, 5.41) is 1.02. The second kappa shape index (κ2) is 9.42. The molecule has 0 amide bonds. The van der Waals surface area contributed by atoms with Gasteiger partial charge in [-0.2, -0.15) is 0 Å². The molecule has 0 aliphatic rings. The number of nitrogens with zero attached hydrogens (tertiary/aromatic N) is 1. The predicted octanol–water partition coefficient (Wildman–Crippen LogP) is 4.79. The molecule has 0 spiro atoms. The third-order valence-electron chi connectivity index (χ3n) is 3.57. The Morgan fingerprint density at radius 1 is 1.17 bits per heavy atom. The first kappa shape index (κ1) is 18.5. The quantitative estimate of drug-likeness (QED) is 0.368. The SMILES string of the molecule is COC(=O)c1cc(C)nc(-c2ccccc2OCCCCCBr)c1. The van der Waals surface area contributed by atoms with E-state index in [1.807, 2.05) is 31.2 Å². The van der Waals surface area contributed by atoms with E-state index in [0.717, 1.165) is 41.6 Å². The molecule has 0 atom stereocenters. The van der Waals surface area contributed by atoms with Crippen LogP contribution < -0.4 is 4.74 Å². The van der Waals surface area contributed by atoms with E-state index >= 15 is 0 Å². The van der Waals surface area contributed by atoms with Crippen LogP contribution >= 0.6 is 15.9 Å². The summed E-state index contributed by atoms with van der Waals surface area (Å²) in [6.45, 7) is 2.53. The van der Waals surface area contributed by atoms with Crippen LogP contribution in [0, 0.1) is 6.92 Å². The summed E-state index contributed by atoms with van der Waals surface area (Å²) in [4.78, 5) is 16.4. The van der Waals surface area contributed by atoms with E-state index in [9.17, 15) is 4.79 Å². The standard InChI is InChI=1S/C19H22BrNO3/c1-14-12-15(19(22)23-2)13-17(21-14)16-8-4-5-9-18(16)24-11-7-3-6-10-20/h4-5,8-9,12-13H,3,6-7,10-11H2,1-2H3. The lowest BCUT2D eigenvalue weighted by Crippen LogP contribution is -2.04. The summed E-state index contributed by atoms with van der Waals surface area (Å²) in [6, 6.07) is 11.2. The number of aryl methyl sites for hydroxylation is 1. The number of benzene rings is 1. The van der Waals surface area contributed by atoms with Crippen LogP contribution in [-0.4, -0.2) is 30.0 Å². The summed E-state index contributed by atoms with van der Waals surface area (Å²) in [5.41, 5.74) is 2.85. The molecule has 0 unspecified atom stereocenters. The van der Waals surface area contributed by atoms with Crippen LogP contribution in [-0.2, 0) is 4.74 Å². The summed E-state index contributed by atoms with van der Waals surface area (Å²) in [7, 11) is 1.38. The summed E-state index contributed by atoms with van der Waals surface area (Å²) >= 11 is 3.43. The average Bonchev–Trinajstić information content (AvgIpc) is 2.60. The van der Waals surface area contributed by atoms with Gasteiger partial charge < -0.3 is 9.47 Å². The Kier molecular flexibility index (Phi) is 7.25. The van der Waals surface area contributed by atoms with E-state index in [1.165, 1.54) is 7.11 Å². The van der Waals surface area contributed by atoms with Crippen molar-refractivity contribution in [3.05, 3.63) is 47.7 Å². The summed E-state index contributed by atoms with van der Waals surface area (Å²) in [5.74, 6) is 0.417. The number of carbonyl (C=O) groups is 1. The molecule has 0 bridgehead atoms. The Hall–Kier alpha value is -1.88. The molecule has 0 saturated heterocycles. The first-order valence-electron chi connectivity index (χ1n) is 8.01. The number of halogens is 1. The number of methoxy groups -OCH3 is 1. The molecule has 1 aromatic heterocycles. The van der Waals surface area contributed by atoms with Gasteiger partial charge in [-0.05, 0) is 50.5 Å². The molecule has 0 radical (unpaired) electrons. The summed E-state index contributed by atoms with van der Waals surface area (Å²) in [6.07, 6.45) is 3.28. The molecule has 1 aromatic carbocycles. The average molecular weight is 392 g/mol. The van der Waals surface area contributed by atoms with Gasteiger partial charge in [0.15, 0.2) is 0 Å². The third-order valence-corrected chi connectivity index (χ3v) is 4.13. The largest absolute Gasteiger partial charge is 0.493 e. The molecule has 0 saturated carbocycles. The van der Waals surface area contributed by atoms with E-state index in [-0.39, 0.29) is 5.97 Å². The van der Waals surface area contributed by atoms with Crippen LogP contribution in [0.15, 0.2) is 36.4 Å². The number of hydrogen-bond donors (Lipinski definition) is 0. The molecule has 0 N–H and O–H groups in total. The highest BCUT2D eigenvalue weighted by Crippen LogP contribution is 2.29. The van der Waals surface area contributed by atoms with E-state index in [0.29, 0.717) is 17.9 Å². The lowest BCUT2D eigenvalue weighted by Gasteiger charge is -2.12. The third kappa shape index (κ3) is 5.06. The van der Waals surface area contributed by atoms with Crippen molar-refractivity contribution in [3.63, 3.8) is 0 Å². The molecule has 24 heavy (non-hydrogen) atoms. The van der Waals surface area contributed by atoms with Crippen LogP contribution in [0.4, 0.5) is 0 Å². The van der Waals surface area contributed by atoms with E-state index in [4.69, 9.17) is 9.47 Å². The molecule has 5 heteroatoms. The smallest absolute Gasteiger partial charge is 0.337 e. The highest BCUT2D eigenvalue weighted by Gasteiger charge is 2.13. The zero-order valence-electron chi connectivity index (χ0n) is 14.0. The Morgan fingerprint density at radius 3 is 2.71 bits per heavy atom. The van der Waals surface area contributed by atoms with E-state index in [2.05, 4.69) is 20.9 Å². The van der Waals surface area contributed by atoms with Gasteiger partial charge in [-0.1, -0.05) is 28.1 Å². The maximum Gasteiger partial charge on any atom is 0.337 e. The number of carbonyl (C=O) groups excluding carboxylic acids is 1. The number of alkyl halides is 1. The fourth-order valence-electron chi connectivity index (χ4n) is 2.40. The zero-order chi connectivity index (χ0) is 17.4. The number of esters is 1. The van der Waals surface area contributed by atoms with Gasteiger partial charge in [-0.25, -0.2) is 4.79 Å². The topological polar surface area (TPSA) is 48.4 Å². The first-order chi connectivity index (χ1) is 11.7. The van der Waals surface area contributed by atoms with Gasteiger partial charge in [0, 0.05) is 16.6 Å². The van der Waals surface area contributed by atoms with Gasteiger partial charge in [-0.15, -0.1) is 0 Å². The molecular weight excluding hydrogens is 370 g/mol. The van der Waals surface area contributed by atoms with Crippen LogP contribution in [0.3, 0.4) is 0 Å². The Labute approximate surface area is 151 Å². The van der Waals surface area contributed by atoms with Crippen molar-refractivity contribution in [2.24, 2.45) is 0 Å². The van der Waals surface area contributed by atoms with Crippen molar-refractivity contribution in [1.29, 1.82) is 0 Å². The number of unbranched alkanes of at least 4 members (excludes halogenated alkanes) is 2. The second-order valence-corrected chi connectivity index (χ2v) is 6.26. The Morgan fingerprint density at radius 2 is 1.96 bits per heavy atom. The Bertz CT molecular complexity index is 688. The van der Waals surface area contributed by atoms with Crippen LogP contribution in [0.25, 0.3) is 11.3 Å². The van der Waals surface area contributed by atoms with Crippen molar-refractivity contribution < 1.29 is 14.3 Å². The van der Waals surface area contributed by atoms with Gasteiger partial charge >= 0.3 is 5.97 Å². The molecule has 0 aliphatic carbocycles. The first-order valence-corrected chi connectivity index (χ1v) is 9.13. The molecule has 4 nitrogen and oxygen atoms in total. The lowest BCUT2D eigenvalue weighted by molar-refractivity contribution is 0.0600. The van der Waals surface area contributed by atoms with Gasteiger partial charge in [0.2, 0.25) is 0 Å². The lowest BCUT2D eigenvalue weighted by atomic mass is 10.1. The van der Waals surface area contributed by atoms with Crippen LogP contribution in [0.5, 0.6) is 5.75 Å². The number of para-hydroxylation sites is 1. The highest BCUT2D eigenvalue weighted by molar-refractivity contribution is 9.09. The van der Waals surface area contributed by atoms with Crippen molar-refractivity contribution in [1.82, 2.24) is 4.98 Å². The van der Waals surface area contributed by atoms with Gasteiger partial charge in [0.1, 0.15) is 5.75 Å². The molecule has 2 rings (SSSR count). The number of rotatable bonds is 8. The van der Waals surface area contributed by atoms with Crippen molar-refractivity contribution >= 4 is 21.9 Å². The van der Waals surface area contributed by atoms with Gasteiger partial charge in [-0.3, -0.25) is 4.98 Å². The van der Waals surface area contributed by atoms with Crippen LogP contribution in [0.2, 0.25) is 0 Å². The molecule has 2 aromatic rings. The number of pyridine rings is 1. The summed E-state index contributed by atoms with van der Waals surface area (Å²) < 4.78 is 10.7. The van der Waals surface area contributed by atoms with Crippen LogP contribution in [0.1, 0.15) is 35.3 Å². The predicted molar refractivity (Wildman–Crippen MR) is 98.9 cm³/mol. The number of aromatic nitrogens is 1. The molecule has 0 fully saturated rings. The van der Waals surface area contributed by atoms with Crippen molar-refractivity contribution in [2.75, 3.05) is 19.0 Å². The molecule has 0 aliphatic heterocycles. The van der Waals surface area contributed by atoms with Gasteiger partial charge in [0.05, 0.1) is 25.0 Å². The maximum atomic E-state index is 11.8.